The Labute approximate surface area is 94.1 Å². The van der Waals surface area contributed by atoms with E-state index >= 15 is 0 Å². The van der Waals surface area contributed by atoms with E-state index < -0.39 is 23.8 Å². The van der Waals surface area contributed by atoms with Crippen LogP contribution in [0.3, 0.4) is 0 Å². The first-order chi connectivity index (χ1) is 7.61. The van der Waals surface area contributed by atoms with Crippen molar-refractivity contribution in [1.29, 1.82) is 0 Å². The molecule has 0 aliphatic heterocycles. The topological polar surface area (TPSA) is 69.7 Å². The predicted molar refractivity (Wildman–Crippen MR) is 54.5 cm³/mol. The maximum Gasteiger partial charge on any atom is 0.320 e. The van der Waals surface area contributed by atoms with Crippen LogP contribution in [0.25, 0.3) is 0 Å². The molecule has 1 unspecified atom stereocenters. The van der Waals surface area contributed by atoms with E-state index in [4.69, 9.17) is 0 Å². The summed E-state index contributed by atoms with van der Waals surface area (Å²) in [6, 6.07) is 0. The number of esters is 2. The summed E-state index contributed by atoms with van der Waals surface area (Å²) in [4.78, 5) is 34.6. The van der Waals surface area contributed by atoms with Crippen LogP contribution in [-0.2, 0) is 23.9 Å². The van der Waals surface area contributed by atoms with Crippen molar-refractivity contribution in [2.24, 2.45) is 11.8 Å². The molecule has 1 saturated carbocycles. The van der Waals surface area contributed by atoms with Crippen molar-refractivity contribution in [3.05, 3.63) is 0 Å². The SMILES string of the molecule is COC(=O)C(C(=O)OC)C1CCCCC1=O. The summed E-state index contributed by atoms with van der Waals surface area (Å²) in [5.41, 5.74) is 0. The highest BCUT2D eigenvalue weighted by atomic mass is 16.5. The summed E-state index contributed by atoms with van der Waals surface area (Å²) in [6.07, 6.45) is 2.65. The molecule has 5 heteroatoms. The van der Waals surface area contributed by atoms with Crippen molar-refractivity contribution in [2.75, 3.05) is 14.2 Å². The number of ketones is 1. The first-order valence-corrected chi connectivity index (χ1v) is 5.30. The van der Waals surface area contributed by atoms with Gasteiger partial charge in [-0.15, -0.1) is 0 Å². The number of carbonyl (C=O) groups is 3. The fourth-order valence-electron chi connectivity index (χ4n) is 2.04. The average molecular weight is 228 g/mol. The third-order valence-corrected chi connectivity index (χ3v) is 2.91. The molecule has 0 amide bonds. The quantitative estimate of drug-likeness (QED) is 0.525. The summed E-state index contributed by atoms with van der Waals surface area (Å²) in [7, 11) is 2.40. The Bertz CT molecular complexity index is 281. The minimum Gasteiger partial charge on any atom is -0.468 e. The van der Waals surface area contributed by atoms with E-state index in [0.29, 0.717) is 12.8 Å². The van der Waals surface area contributed by atoms with Gasteiger partial charge < -0.3 is 9.47 Å². The Hall–Kier alpha value is -1.39. The van der Waals surface area contributed by atoms with Crippen LogP contribution in [0.4, 0.5) is 0 Å². The zero-order valence-electron chi connectivity index (χ0n) is 9.52. The molecule has 1 aliphatic carbocycles. The number of Topliss-reactive ketones (excluding diaryl/α,β-unsaturated/α-hetero) is 1. The van der Waals surface area contributed by atoms with Crippen molar-refractivity contribution < 1.29 is 23.9 Å². The highest BCUT2D eigenvalue weighted by molar-refractivity contribution is 6.00. The second-order valence-corrected chi connectivity index (χ2v) is 3.84. The molecule has 0 heterocycles. The van der Waals surface area contributed by atoms with Gasteiger partial charge in [0.05, 0.1) is 14.2 Å². The van der Waals surface area contributed by atoms with Gasteiger partial charge in [-0.25, -0.2) is 0 Å². The molecule has 1 rings (SSSR count). The van der Waals surface area contributed by atoms with E-state index in [-0.39, 0.29) is 5.78 Å². The van der Waals surface area contributed by atoms with Crippen LogP contribution in [0.5, 0.6) is 0 Å². The van der Waals surface area contributed by atoms with Crippen molar-refractivity contribution in [3.63, 3.8) is 0 Å². The van der Waals surface area contributed by atoms with E-state index in [2.05, 4.69) is 9.47 Å². The van der Waals surface area contributed by atoms with E-state index in [1.165, 1.54) is 14.2 Å². The highest BCUT2D eigenvalue weighted by Gasteiger charge is 2.41. The number of hydrogen-bond donors (Lipinski definition) is 0. The van der Waals surface area contributed by atoms with Crippen LogP contribution in [0.2, 0.25) is 0 Å². The van der Waals surface area contributed by atoms with Gasteiger partial charge >= 0.3 is 11.9 Å². The van der Waals surface area contributed by atoms with Crippen molar-refractivity contribution >= 4 is 17.7 Å². The molecule has 0 aromatic heterocycles. The fourth-order valence-corrected chi connectivity index (χ4v) is 2.04. The van der Waals surface area contributed by atoms with Gasteiger partial charge in [0, 0.05) is 12.3 Å². The Morgan fingerprint density at radius 3 is 2.19 bits per heavy atom. The second-order valence-electron chi connectivity index (χ2n) is 3.84. The van der Waals surface area contributed by atoms with Crippen LogP contribution >= 0.6 is 0 Å². The Kier molecular flexibility index (Phi) is 4.46. The van der Waals surface area contributed by atoms with Crippen molar-refractivity contribution in [1.82, 2.24) is 0 Å². The van der Waals surface area contributed by atoms with Gasteiger partial charge in [-0.2, -0.15) is 0 Å². The molecule has 0 radical (unpaired) electrons. The van der Waals surface area contributed by atoms with Crippen LogP contribution in [0, 0.1) is 11.8 Å². The molecule has 0 spiro atoms. The Morgan fingerprint density at radius 2 is 1.75 bits per heavy atom. The van der Waals surface area contributed by atoms with E-state index in [9.17, 15) is 14.4 Å². The average Bonchev–Trinajstić information content (AvgIpc) is 2.31. The number of ether oxygens (including phenoxy) is 2. The lowest BCUT2D eigenvalue weighted by Gasteiger charge is -2.25. The van der Waals surface area contributed by atoms with Gasteiger partial charge in [0.15, 0.2) is 5.92 Å². The summed E-state index contributed by atoms with van der Waals surface area (Å²) >= 11 is 0. The molecule has 1 atom stereocenters. The third-order valence-electron chi connectivity index (χ3n) is 2.91. The van der Waals surface area contributed by atoms with Crippen LogP contribution in [-0.4, -0.2) is 31.9 Å². The molecule has 90 valence electrons. The van der Waals surface area contributed by atoms with Crippen LogP contribution in [0.15, 0.2) is 0 Å². The van der Waals surface area contributed by atoms with Crippen molar-refractivity contribution in [2.45, 2.75) is 25.7 Å². The van der Waals surface area contributed by atoms with Crippen LogP contribution < -0.4 is 0 Å². The summed E-state index contributed by atoms with van der Waals surface area (Å²) in [5.74, 6) is -3.09. The Balaban J connectivity index is 2.86. The molecular formula is C11H16O5. The largest absolute Gasteiger partial charge is 0.468 e. The molecule has 0 aromatic carbocycles. The van der Waals surface area contributed by atoms with Gasteiger partial charge in [0.2, 0.25) is 0 Å². The number of rotatable bonds is 3. The van der Waals surface area contributed by atoms with Crippen LogP contribution in [0.1, 0.15) is 25.7 Å². The highest BCUT2D eigenvalue weighted by Crippen LogP contribution is 2.28. The normalized spacial score (nSPS) is 20.7. The standard InChI is InChI=1S/C11H16O5/c1-15-10(13)9(11(14)16-2)7-5-3-4-6-8(7)12/h7,9H,3-6H2,1-2H3. The predicted octanol–water partition coefficient (Wildman–Crippen LogP) is 0.708. The van der Waals surface area contributed by atoms with Gasteiger partial charge in [-0.1, -0.05) is 6.42 Å². The molecule has 0 bridgehead atoms. The molecule has 5 nitrogen and oxygen atoms in total. The lowest BCUT2D eigenvalue weighted by molar-refractivity contribution is -0.164. The van der Waals surface area contributed by atoms with Gasteiger partial charge in [-0.05, 0) is 12.8 Å². The molecule has 0 N–H and O–H groups in total. The zero-order valence-corrected chi connectivity index (χ0v) is 9.52. The third kappa shape index (κ3) is 2.59. The molecule has 1 fully saturated rings. The minimum absolute atomic E-state index is 0.0490. The number of methoxy groups -OCH3 is 2. The smallest absolute Gasteiger partial charge is 0.320 e. The molecule has 0 aromatic rings. The molecule has 0 saturated heterocycles. The van der Waals surface area contributed by atoms with E-state index in [1.54, 1.807) is 0 Å². The van der Waals surface area contributed by atoms with Gasteiger partial charge in [0.25, 0.3) is 0 Å². The molecular weight excluding hydrogens is 212 g/mol. The minimum atomic E-state index is -1.09. The maximum atomic E-state index is 11.7. The molecule has 1 aliphatic rings. The maximum absolute atomic E-state index is 11.7. The fraction of sp³-hybridized carbons (Fsp3) is 0.727. The first kappa shape index (κ1) is 12.7. The Morgan fingerprint density at radius 1 is 1.19 bits per heavy atom. The summed E-state index contributed by atoms with van der Waals surface area (Å²) < 4.78 is 9.09. The lowest BCUT2D eigenvalue weighted by Crippen LogP contribution is -2.38. The first-order valence-electron chi connectivity index (χ1n) is 5.30. The number of hydrogen-bond acceptors (Lipinski definition) is 5. The van der Waals surface area contributed by atoms with E-state index in [0.717, 1.165) is 12.8 Å². The zero-order chi connectivity index (χ0) is 12.1. The second kappa shape index (κ2) is 5.63. The van der Waals surface area contributed by atoms with E-state index in [1.807, 2.05) is 0 Å². The monoisotopic (exact) mass is 228 g/mol. The van der Waals surface area contributed by atoms with Gasteiger partial charge in [-0.3, -0.25) is 14.4 Å². The number of carbonyl (C=O) groups excluding carboxylic acids is 3. The summed E-state index contributed by atoms with van der Waals surface area (Å²) in [6.45, 7) is 0. The van der Waals surface area contributed by atoms with Gasteiger partial charge in [0.1, 0.15) is 5.78 Å². The van der Waals surface area contributed by atoms with Crippen molar-refractivity contribution in [3.8, 4) is 0 Å². The summed E-state index contributed by atoms with van der Waals surface area (Å²) in [5, 5.41) is 0. The lowest BCUT2D eigenvalue weighted by atomic mass is 9.79. The molecule has 16 heavy (non-hydrogen) atoms.